The fourth-order valence-corrected chi connectivity index (χ4v) is 2.12. The maximum atomic E-state index is 11.8. The summed E-state index contributed by atoms with van der Waals surface area (Å²) in [5.74, 6) is 0.899. The number of hydrogen-bond acceptors (Lipinski definition) is 6. The molecule has 0 bridgehead atoms. The zero-order valence-corrected chi connectivity index (χ0v) is 13.7. The Hall–Kier alpha value is -2.63. The second-order valence-corrected chi connectivity index (χ2v) is 5.18. The number of nitrogens with zero attached hydrogens (tertiary/aromatic N) is 3. The van der Waals surface area contributed by atoms with E-state index in [4.69, 9.17) is 4.74 Å². The van der Waals surface area contributed by atoms with E-state index in [1.54, 1.807) is 24.4 Å². The smallest absolute Gasteiger partial charge is 0.339 e. The van der Waals surface area contributed by atoms with E-state index in [0.717, 1.165) is 19.4 Å². The van der Waals surface area contributed by atoms with E-state index < -0.39 is 0 Å². The van der Waals surface area contributed by atoms with Crippen LogP contribution in [-0.2, 0) is 4.74 Å². The summed E-state index contributed by atoms with van der Waals surface area (Å²) in [6.07, 6.45) is 3.91. The first-order valence-corrected chi connectivity index (χ1v) is 7.64. The van der Waals surface area contributed by atoms with Gasteiger partial charge in [0.15, 0.2) is 0 Å². The quantitative estimate of drug-likeness (QED) is 0.791. The second kappa shape index (κ2) is 8.12. The number of anilines is 3. The molecule has 2 rings (SSSR count). The molecule has 6 heteroatoms. The number of unbranched alkanes of at least 4 members (excludes halogenated alkanes) is 1. The van der Waals surface area contributed by atoms with Crippen LogP contribution in [0.25, 0.3) is 0 Å². The largest absolute Gasteiger partial charge is 0.465 e. The van der Waals surface area contributed by atoms with Crippen molar-refractivity contribution in [3.63, 3.8) is 0 Å². The van der Waals surface area contributed by atoms with Crippen molar-refractivity contribution in [3.05, 3.63) is 42.1 Å². The van der Waals surface area contributed by atoms with E-state index in [1.165, 1.54) is 7.11 Å². The van der Waals surface area contributed by atoms with Gasteiger partial charge in [0.2, 0.25) is 5.95 Å². The Balaban J connectivity index is 2.20. The Labute approximate surface area is 136 Å². The van der Waals surface area contributed by atoms with Gasteiger partial charge in [0.25, 0.3) is 0 Å². The molecule has 0 saturated carbocycles. The Morgan fingerprint density at radius 1 is 1.30 bits per heavy atom. The van der Waals surface area contributed by atoms with Gasteiger partial charge in [-0.1, -0.05) is 25.5 Å². The van der Waals surface area contributed by atoms with Gasteiger partial charge in [0.05, 0.1) is 18.4 Å². The summed E-state index contributed by atoms with van der Waals surface area (Å²) in [6.45, 7) is 3.05. The maximum absolute atomic E-state index is 11.8. The van der Waals surface area contributed by atoms with Crippen LogP contribution in [0.15, 0.2) is 36.5 Å². The summed E-state index contributed by atoms with van der Waals surface area (Å²) in [5.41, 5.74) is 1.12. The monoisotopic (exact) mass is 314 g/mol. The summed E-state index contributed by atoms with van der Waals surface area (Å²) in [5, 5.41) is 3.16. The zero-order valence-electron chi connectivity index (χ0n) is 13.7. The predicted molar refractivity (Wildman–Crippen MR) is 91.3 cm³/mol. The second-order valence-electron chi connectivity index (χ2n) is 5.18. The number of rotatable bonds is 7. The SMILES string of the molecule is CCCCN(C)c1nccc(Nc2ccccc2C(=O)OC)n1. The Morgan fingerprint density at radius 3 is 2.83 bits per heavy atom. The van der Waals surface area contributed by atoms with Gasteiger partial charge in [0.1, 0.15) is 5.82 Å². The van der Waals surface area contributed by atoms with E-state index in [2.05, 4.69) is 22.2 Å². The molecule has 6 nitrogen and oxygen atoms in total. The zero-order chi connectivity index (χ0) is 16.7. The molecule has 0 radical (unpaired) electrons. The minimum atomic E-state index is -0.387. The number of benzene rings is 1. The average molecular weight is 314 g/mol. The fourth-order valence-electron chi connectivity index (χ4n) is 2.12. The highest BCUT2D eigenvalue weighted by atomic mass is 16.5. The summed E-state index contributed by atoms with van der Waals surface area (Å²) < 4.78 is 4.80. The fraction of sp³-hybridized carbons (Fsp3) is 0.353. The van der Waals surface area contributed by atoms with E-state index in [1.807, 2.05) is 24.1 Å². The Morgan fingerprint density at radius 2 is 2.09 bits per heavy atom. The molecule has 23 heavy (non-hydrogen) atoms. The highest BCUT2D eigenvalue weighted by molar-refractivity contribution is 5.96. The molecule has 0 amide bonds. The molecular weight excluding hydrogens is 292 g/mol. The van der Waals surface area contributed by atoms with Gasteiger partial charge in [0, 0.05) is 19.8 Å². The van der Waals surface area contributed by atoms with Crippen LogP contribution < -0.4 is 10.2 Å². The van der Waals surface area contributed by atoms with Crippen LogP contribution in [0.1, 0.15) is 30.1 Å². The number of esters is 1. The maximum Gasteiger partial charge on any atom is 0.339 e. The topological polar surface area (TPSA) is 67.4 Å². The molecule has 1 heterocycles. The minimum absolute atomic E-state index is 0.387. The van der Waals surface area contributed by atoms with Crippen molar-refractivity contribution in [1.29, 1.82) is 0 Å². The van der Waals surface area contributed by atoms with Gasteiger partial charge in [-0.2, -0.15) is 4.98 Å². The third-order valence-corrected chi connectivity index (χ3v) is 3.43. The standard InChI is InChI=1S/C17H22N4O2/c1-4-5-12-21(2)17-18-11-10-15(20-17)19-14-9-7-6-8-13(14)16(22)23-3/h6-11H,4-5,12H2,1-3H3,(H,18,19,20). The molecule has 0 fully saturated rings. The van der Waals surface area contributed by atoms with Gasteiger partial charge in [-0.15, -0.1) is 0 Å². The number of hydrogen-bond donors (Lipinski definition) is 1. The van der Waals surface area contributed by atoms with Crippen molar-refractivity contribution in [2.75, 3.05) is 30.9 Å². The first-order valence-electron chi connectivity index (χ1n) is 7.64. The van der Waals surface area contributed by atoms with Crippen LogP contribution in [-0.4, -0.2) is 36.6 Å². The van der Waals surface area contributed by atoms with Crippen LogP contribution in [0.5, 0.6) is 0 Å². The first-order chi connectivity index (χ1) is 11.2. The molecular formula is C17H22N4O2. The Kier molecular flexibility index (Phi) is 5.91. The number of aromatic nitrogens is 2. The van der Waals surface area contributed by atoms with Gasteiger partial charge in [-0.3, -0.25) is 0 Å². The lowest BCUT2D eigenvalue weighted by atomic mass is 10.2. The minimum Gasteiger partial charge on any atom is -0.465 e. The number of methoxy groups -OCH3 is 1. The van der Waals surface area contributed by atoms with E-state index in [-0.39, 0.29) is 5.97 Å². The van der Waals surface area contributed by atoms with Gasteiger partial charge in [-0.05, 0) is 24.6 Å². The molecule has 0 unspecified atom stereocenters. The van der Waals surface area contributed by atoms with Crippen LogP contribution in [0.2, 0.25) is 0 Å². The molecule has 0 aliphatic rings. The molecule has 0 saturated heterocycles. The lowest BCUT2D eigenvalue weighted by Crippen LogP contribution is -2.21. The molecule has 1 aromatic carbocycles. The van der Waals surface area contributed by atoms with Crippen LogP contribution in [0.4, 0.5) is 17.5 Å². The molecule has 122 valence electrons. The third kappa shape index (κ3) is 4.42. The van der Waals surface area contributed by atoms with Gasteiger partial charge in [-0.25, -0.2) is 9.78 Å². The number of carbonyl (C=O) groups is 1. The molecule has 0 aliphatic carbocycles. The predicted octanol–water partition coefficient (Wildman–Crippen LogP) is 3.24. The normalized spacial score (nSPS) is 10.2. The summed E-state index contributed by atoms with van der Waals surface area (Å²) in [7, 11) is 3.34. The summed E-state index contributed by atoms with van der Waals surface area (Å²) in [6, 6.07) is 8.94. The number of para-hydroxylation sites is 1. The van der Waals surface area contributed by atoms with Crippen molar-refractivity contribution in [3.8, 4) is 0 Å². The average Bonchev–Trinajstić information content (AvgIpc) is 2.59. The van der Waals surface area contributed by atoms with E-state index in [9.17, 15) is 4.79 Å². The highest BCUT2D eigenvalue weighted by Crippen LogP contribution is 2.21. The molecule has 2 aromatic rings. The van der Waals surface area contributed by atoms with Crippen molar-refractivity contribution < 1.29 is 9.53 Å². The van der Waals surface area contributed by atoms with Crippen molar-refractivity contribution in [2.45, 2.75) is 19.8 Å². The van der Waals surface area contributed by atoms with E-state index >= 15 is 0 Å². The molecule has 1 aromatic heterocycles. The van der Waals surface area contributed by atoms with Crippen molar-refractivity contribution >= 4 is 23.4 Å². The number of carbonyl (C=O) groups excluding carboxylic acids is 1. The first kappa shape index (κ1) is 16.7. The third-order valence-electron chi connectivity index (χ3n) is 3.43. The number of nitrogens with one attached hydrogen (secondary N) is 1. The Bertz CT molecular complexity index is 661. The van der Waals surface area contributed by atoms with Gasteiger partial charge >= 0.3 is 5.97 Å². The summed E-state index contributed by atoms with van der Waals surface area (Å²) >= 11 is 0. The van der Waals surface area contributed by atoms with Crippen molar-refractivity contribution in [1.82, 2.24) is 9.97 Å². The van der Waals surface area contributed by atoms with E-state index in [0.29, 0.717) is 23.0 Å². The number of ether oxygens (including phenoxy) is 1. The lowest BCUT2D eigenvalue weighted by Gasteiger charge is -2.17. The van der Waals surface area contributed by atoms with Crippen LogP contribution in [0.3, 0.4) is 0 Å². The molecule has 0 spiro atoms. The molecule has 1 N–H and O–H groups in total. The van der Waals surface area contributed by atoms with Crippen LogP contribution in [0, 0.1) is 0 Å². The van der Waals surface area contributed by atoms with Crippen molar-refractivity contribution in [2.24, 2.45) is 0 Å². The van der Waals surface area contributed by atoms with Gasteiger partial charge < -0.3 is 15.0 Å². The molecule has 0 aliphatic heterocycles. The van der Waals surface area contributed by atoms with Crippen LogP contribution >= 0.6 is 0 Å². The lowest BCUT2D eigenvalue weighted by molar-refractivity contribution is 0.0602. The summed E-state index contributed by atoms with van der Waals surface area (Å²) in [4.78, 5) is 22.6. The molecule has 0 atom stereocenters. The highest BCUT2D eigenvalue weighted by Gasteiger charge is 2.12.